The van der Waals surface area contributed by atoms with Gasteiger partial charge in [-0.15, -0.1) is 0 Å². The molecule has 2 rings (SSSR count). The van der Waals surface area contributed by atoms with Gasteiger partial charge in [0.1, 0.15) is 0 Å². The monoisotopic (exact) mass is 278 g/mol. The fourth-order valence-corrected chi connectivity index (χ4v) is 1.78. The average Bonchev–Trinajstić information content (AvgIpc) is 2.70. The van der Waals surface area contributed by atoms with Gasteiger partial charge in [0.05, 0.1) is 28.0 Å². The zero-order valence-corrected chi connectivity index (χ0v) is 10.4. The van der Waals surface area contributed by atoms with E-state index in [0.717, 1.165) is 6.07 Å². The van der Waals surface area contributed by atoms with Crippen molar-refractivity contribution >= 4 is 11.4 Å². The minimum absolute atomic E-state index is 0.0199. The molecule has 0 saturated carbocycles. The van der Waals surface area contributed by atoms with Gasteiger partial charge in [0.2, 0.25) is 0 Å². The molecule has 2 aromatic rings. The van der Waals surface area contributed by atoms with Crippen LogP contribution < -0.4 is 5.69 Å². The number of nitro groups is 2. The highest BCUT2D eigenvalue weighted by atomic mass is 16.6. The molecule has 9 heteroatoms. The minimum atomic E-state index is -0.703. The Morgan fingerprint density at radius 3 is 2.35 bits per heavy atom. The van der Waals surface area contributed by atoms with E-state index >= 15 is 0 Å². The first-order valence-corrected chi connectivity index (χ1v) is 5.53. The number of aryl methyl sites for hydroxylation is 1. The fraction of sp³-hybridized carbons (Fsp3) is 0.182. The number of aromatic nitrogens is 2. The van der Waals surface area contributed by atoms with Crippen LogP contribution in [0, 0.1) is 20.2 Å². The standard InChI is InChI=1S/C11H10N4O5/c1-12-4-5-13(11(12)16)7-8-2-3-9(14(17)18)6-10(8)15(19)20/h2-6H,7H2,1H3. The Labute approximate surface area is 112 Å². The predicted octanol–water partition coefficient (Wildman–Crippen LogP) is 1.05. The molecule has 0 atom stereocenters. The number of nitrogens with zero attached hydrogens (tertiary/aromatic N) is 4. The van der Waals surface area contributed by atoms with E-state index in [1.165, 1.54) is 33.7 Å². The van der Waals surface area contributed by atoms with E-state index in [1.807, 2.05) is 0 Å². The molecule has 1 heterocycles. The van der Waals surface area contributed by atoms with Crippen LogP contribution in [0.5, 0.6) is 0 Å². The number of rotatable bonds is 4. The van der Waals surface area contributed by atoms with Crippen LogP contribution in [0.15, 0.2) is 35.4 Å². The van der Waals surface area contributed by atoms with Crippen molar-refractivity contribution in [3.63, 3.8) is 0 Å². The van der Waals surface area contributed by atoms with Gasteiger partial charge in [-0.2, -0.15) is 0 Å². The molecular formula is C11H10N4O5. The van der Waals surface area contributed by atoms with Gasteiger partial charge in [-0.05, 0) is 6.07 Å². The Kier molecular flexibility index (Phi) is 3.34. The first kappa shape index (κ1) is 13.5. The molecule has 0 unspecified atom stereocenters. The number of benzene rings is 1. The number of hydrogen-bond acceptors (Lipinski definition) is 5. The first-order valence-electron chi connectivity index (χ1n) is 5.53. The Morgan fingerprint density at radius 1 is 1.15 bits per heavy atom. The van der Waals surface area contributed by atoms with E-state index in [1.54, 1.807) is 7.05 Å². The van der Waals surface area contributed by atoms with Gasteiger partial charge in [0.25, 0.3) is 11.4 Å². The predicted molar refractivity (Wildman–Crippen MR) is 68.5 cm³/mol. The summed E-state index contributed by atoms with van der Waals surface area (Å²) in [6.07, 6.45) is 3.02. The zero-order valence-electron chi connectivity index (χ0n) is 10.4. The molecule has 1 aromatic carbocycles. The van der Waals surface area contributed by atoms with Gasteiger partial charge >= 0.3 is 5.69 Å². The molecule has 0 N–H and O–H groups in total. The topological polar surface area (TPSA) is 113 Å². The first-order chi connectivity index (χ1) is 9.40. The highest BCUT2D eigenvalue weighted by molar-refractivity contribution is 5.49. The van der Waals surface area contributed by atoms with Crippen molar-refractivity contribution in [3.05, 3.63) is 66.9 Å². The van der Waals surface area contributed by atoms with Gasteiger partial charge in [-0.25, -0.2) is 4.79 Å². The van der Waals surface area contributed by atoms with Crippen molar-refractivity contribution in [1.29, 1.82) is 0 Å². The van der Waals surface area contributed by atoms with Crippen LogP contribution in [0.25, 0.3) is 0 Å². The summed E-state index contributed by atoms with van der Waals surface area (Å²) < 4.78 is 2.62. The summed E-state index contributed by atoms with van der Waals surface area (Å²) in [7, 11) is 1.56. The van der Waals surface area contributed by atoms with E-state index in [4.69, 9.17) is 0 Å². The highest BCUT2D eigenvalue weighted by Crippen LogP contribution is 2.25. The van der Waals surface area contributed by atoms with E-state index in [2.05, 4.69) is 0 Å². The molecule has 0 aliphatic rings. The van der Waals surface area contributed by atoms with Gasteiger partial charge in [0, 0.05) is 25.5 Å². The Bertz CT molecular complexity index is 746. The van der Waals surface area contributed by atoms with Gasteiger partial charge in [0.15, 0.2) is 0 Å². The average molecular weight is 278 g/mol. The Hall–Kier alpha value is -2.97. The van der Waals surface area contributed by atoms with Crippen molar-refractivity contribution in [3.8, 4) is 0 Å². The smallest absolute Gasteiger partial charge is 0.302 e. The summed E-state index contributed by atoms with van der Waals surface area (Å²) in [6.45, 7) is -0.0199. The van der Waals surface area contributed by atoms with E-state index < -0.39 is 9.85 Å². The summed E-state index contributed by atoms with van der Waals surface area (Å²) in [5.74, 6) is 0. The van der Waals surface area contributed by atoms with E-state index in [-0.39, 0.29) is 29.2 Å². The second kappa shape index (κ2) is 4.96. The van der Waals surface area contributed by atoms with Crippen LogP contribution >= 0.6 is 0 Å². The van der Waals surface area contributed by atoms with Crippen molar-refractivity contribution < 1.29 is 9.85 Å². The molecule has 20 heavy (non-hydrogen) atoms. The number of imidazole rings is 1. The second-order valence-corrected chi connectivity index (χ2v) is 4.15. The molecule has 0 radical (unpaired) electrons. The van der Waals surface area contributed by atoms with Crippen molar-refractivity contribution in [2.45, 2.75) is 6.54 Å². The summed E-state index contributed by atoms with van der Waals surface area (Å²) in [4.78, 5) is 31.9. The summed E-state index contributed by atoms with van der Waals surface area (Å²) in [5, 5.41) is 21.6. The lowest BCUT2D eigenvalue weighted by molar-refractivity contribution is -0.394. The zero-order chi connectivity index (χ0) is 14.9. The van der Waals surface area contributed by atoms with Gasteiger partial charge < -0.3 is 4.57 Å². The minimum Gasteiger partial charge on any atom is -0.302 e. The highest BCUT2D eigenvalue weighted by Gasteiger charge is 2.19. The molecule has 0 spiro atoms. The van der Waals surface area contributed by atoms with Gasteiger partial charge in [-0.1, -0.05) is 0 Å². The summed E-state index contributed by atoms with van der Waals surface area (Å²) in [6, 6.07) is 3.36. The molecular weight excluding hydrogens is 268 g/mol. The van der Waals surface area contributed by atoms with Crippen molar-refractivity contribution in [2.24, 2.45) is 7.05 Å². The maximum atomic E-state index is 11.7. The quantitative estimate of drug-likeness (QED) is 0.612. The van der Waals surface area contributed by atoms with Crippen molar-refractivity contribution in [1.82, 2.24) is 9.13 Å². The van der Waals surface area contributed by atoms with Crippen LogP contribution in [0.2, 0.25) is 0 Å². The molecule has 0 aliphatic carbocycles. The van der Waals surface area contributed by atoms with E-state index in [9.17, 15) is 25.0 Å². The van der Waals surface area contributed by atoms with Crippen LogP contribution in [0.3, 0.4) is 0 Å². The molecule has 1 aromatic heterocycles. The normalized spacial score (nSPS) is 10.4. The number of nitro benzene ring substituents is 2. The molecule has 104 valence electrons. The second-order valence-electron chi connectivity index (χ2n) is 4.15. The molecule has 0 bridgehead atoms. The maximum absolute atomic E-state index is 11.7. The third-order valence-corrected chi connectivity index (χ3v) is 2.83. The lowest BCUT2D eigenvalue weighted by atomic mass is 10.1. The largest absolute Gasteiger partial charge is 0.328 e. The Morgan fingerprint density at radius 2 is 1.85 bits per heavy atom. The molecule has 0 fully saturated rings. The number of non-ortho nitro benzene ring substituents is 1. The summed E-state index contributed by atoms with van der Waals surface area (Å²) >= 11 is 0. The third-order valence-electron chi connectivity index (χ3n) is 2.83. The fourth-order valence-electron chi connectivity index (χ4n) is 1.78. The SMILES string of the molecule is Cn1ccn(Cc2ccc([N+](=O)[O-])cc2[N+](=O)[O-])c1=O. The summed E-state index contributed by atoms with van der Waals surface area (Å²) in [5.41, 5.74) is -0.831. The lowest BCUT2D eigenvalue weighted by Gasteiger charge is -2.03. The third kappa shape index (κ3) is 2.41. The molecule has 0 saturated heterocycles. The van der Waals surface area contributed by atoms with Crippen LogP contribution in [-0.2, 0) is 13.6 Å². The van der Waals surface area contributed by atoms with Gasteiger partial charge in [-0.3, -0.25) is 24.8 Å². The molecule has 9 nitrogen and oxygen atoms in total. The van der Waals surface area contributed by atoms with E-state index in [0.29, 0.717) is 0 Å². The van der Waals surface area contributed by atoms with Crippen LogP contribution in [0.4, 0.5) is 11.4 Å². The molecule has 0 aliphatic heterocycles. The number of hydrogen-bond donors (Lipinski definition) is 0. The van der Waals surface area contributed by atoms with Crippen LogP contribution in [0.1, 0.15) is 5.56 Å². The van der Waals surface area contributed by atoms with Crippen LogP contribution in [-0.4, -0.2) is 19.0 Å². The van der Waals surface area contributed by atoms with Crippen molar-refractivity contribution in [2.75, 3.05) is 0 Å². The lowest BCUT2D eigenvalue weighted by Crippen LogP contribution is -2.22. The molecule has 0 amide bonds. The maximum Gasteiger partial charge on any atom is 0.328 e. The Balaban J connectivity index is 2.46.